The minimum atomic E-state index is -4.46. The van der Waals surface area contributed by atoms with E-state index in [2.05, 4.69) is 9.97 Å². The number of imidazole rings is 1. The molecular weight excluding hydrogens is 527 g/mol. The van der Waals surface area contributed by atoms with E-state index in [1.165, 1.54) is 28.7 Å². The number of hydrogen-bond acceptors (Lipinski definition) is 4. The highest BCUT2D eigenvalue weighted by Crippen LogP contribution is 2.47. The summed E-state index contributed by atoms with van der Waals surface area (Å²) < 4.78 is 69.9. The number of alkyl halides is 3. The summed E-state index contributed by atoms with van der Waals surface area (Å²) in [5.41, 5.74) is 0.878. The zero-order chi connectivity index (χ0) is 26.1. The van der Waals surface area contributed by atoms with Crippen molar-refractivity contribution in [2.45, 2.75) is 73.7 Å². The molecule has 37 heavy (non-hydrogen) atoms. The Bertz CT molecular complexity index is 1460. The Morgan fingerprint density at radius 2 is 1.68 bits per heavy atom. The Morgan fingerprint density at radius 3 is 2.32 bits per heavy atom. The number of aliphatic hydroxyl groups excluding tert-OH is 1. The minimum absolute atomic E-state index is 0.0455. The van der Waals surface area contributed by atoms with E-state index in [4.69, 9.17) is 11.6 Å². The van der Waals surface area contributed by atoms with Crippen LogP contribution in [0.25, 0.3) is 22.6 Å². The maximum Gasteiger partial charge on any atom is 0.416 e. The van der Waals surface area contributed by atoms with Crippen molar-refractivity contribution in [3.05, 3.63) is 58.7 Å². The molecule has 0 radical (unpaired) electrons. The molecule has 1 aliphatic carbocycles. The van der Waals surface area contributed by atoms with Crippen LogP contribution in [-0.2, 0) is 16.2 Å². The first kappa shape index (κ1) is 24.9. The molecule has 2 N–H and O–H groups in total. The zero-order valence-corrected chi connectivity index (χ0v) is 21.2. The number of H-pyrrole nitrogens is 1. The number of nitrogens with zero attached hydrogens (tertiary/aromatic N) is 2. The van der Waals surface area contributed by atoms with Gasteiger partial charge in [0.2, 0.25) is 10.0 Å². The van der Waals surface area contributed by atoms with Gasteiger partial charge in [0.05, 0.1) is 28.6 Å². The van der Waals surface area contributed by atoms with Crippen LogP contribution < -0.4 is 0 Å². The van der Waals surface area contributed by atoms with Gasteiger partial charge in [-0.3, -0.25) is 0 Å². The molecular formula is C26H25ClF3N3O3S. The Morgan fingerprint density at radius 1 is 1.00 bits per heavy atom. The number of fused-ring (bicyclic) bond motifs is 2. The number of hydrogen-bond donors (Lipinski definition) is 2. The van der Waals surface area contributed by atoms with E-state index >= 15 is 0 Å². The standard InChI is InChI=1S/C26H25ClF3N3O3S/c27-22-8-4-16(10-24(22)37(35,36)33-17-5-6-18(33)12-19(34)11-17)25-31-13-23(32-25)15-3-7-20(14-1-2-14)21(9-15)26(28,29)30/h3-4,7-10,13-14,17-19,34H,1-2,5-6,11-12H2,(H,31,32)/t17-,18?,19?/m0/s1. The fourth-order valence-corrected chi connectivity index (χ4v) is 8.19. The molecule has 2 saturated heterocycles. The van der Waals surface area contributed by atoms with E-state index in [1.54, 1.807) is 12.1 Å². The van der Waals surface area contributed by atoms with Crippen molar-refractivity contribution < 1.29 is 26.7 Å². The molecule has 2 aliphatic heterocycles. The summed E-state index contributed by atoms with van der Waals surface area (Å²) in [7, 11) is -3.93. The van der Waals surface area contributed by atoms with E-state index in [0.717, 1.165) is 18.9 Å². The number of benzene rings is 2. The lowest BCUT2D eigenvalue weighted by molar-refractivity contribution is -0.138. The predicted octanol–water partition coefficient (Wildman–Crippen LogP) is 5.97. The molecule has 6 nitrogen and oxygen atoms in total. The molecule has 2 unspecified atom stereocenters. The predicted molar refractivity (Wildman–Crippen MR) is 133 cm³/mol. The normalized spacial score (nSPS) is 24.5. The number of aromatic amines is 1. The lowest BCUT2D eigenvalue weighted by Gasteiger charge is -2.36. The lowest BCUT2D eigenvalue weighted by atomic mass is 9.99. The minimum Gasteiger partial charge on any atom is -0.393 e. The van der Waals surface area contributed by atoms with Gasteiger partial charge in [-0.25, -0.2) is 13.4 Å². The summed E-state index contributed by atoms with van der Waals surface area (Å²) in [6.45, 7) is 0. The van der Waals surface area contributed by atoms with Crippen LogP contribution in [0.3, 0.4) is 0 Å². The Hall–Kier alpha value is -2.40. The number of aromatic nitrogens is 2. The van der Waals surface area contributed by atoms with Crippen LogP contribution in [0.4, 0.5) is 13.2 Å². The van der Waals surface area contributed by atoms with Crippen molar-refractivity contribution in [1.82, 2.24) is 14.3 Å². The van der Waals surface area contributed by atoms with Gasteiger partial charge >= 0.3 is 6.18 Å². The quantitative estimate of drug-likeness (QED) is 0.409. The monoisotopic (exact) mass is 551 g/mol. The fraction of sp³-hybridized carbons (Fsp3) is 0.423. The molecule has 2 bridgehead atoms. The topological polar surface area (TPSA) is 86.3 Å². The summed E-state index contributed by atoms with van der Waals surface area (Å²) in [6.07, 6.45) is 0.177. The van der Waals surface area contributed by atoms with Crippen LogP contribution in [0.2, 0.25) is 5.02 Å². The van der Waals surface area contributed by atoms with E-state index in [9.17, 15) is 26.7 Å². The third kappa shape index (κ3) is 4.47. The molecule has 0 amide bonds. The van der Waals surface area contributed by atoms with Crippen LogP contribution in [0, 0.1) is 0 Å². The number of piperidine rings is 1. The second-order valence-corrected chi connectivity index (χ2v) is 12.4. The first-order valence-corrected chi connectivity index (χ1v) is 14.1. The maximum atomic E-state index is 13.7. The SMILES string of the molecule is O=S(=O)(c1cc(-c2ncc(-c3ccc(C4CC4)c(C(F)(F)F)c3)[nH]2)ccc1Cl)N1C2CC[C@H]1CC(O)C2. The zero-order valence-electron chi connectivity index (χ0n) is 19.7. The van der Waals surface area contributed by atoms with Crippen molar-refractivity contribution in [3.63, 3.8) is 0 Å². The largest absolute Gasteiger partial charge is 0.416 e. The number of halogens is 4. The molecule has 1 aromatic heterocycles. The first-order valence-electron chi connectivity index (χ1n) is 12.3. The average molecular weight is 552 g/mol. The number of aliphatic hydroxyl groups is 1. The van der Waals surface area contributed by atoms with Crippen LogP contribution >= 0.6 is 11.6 Å². The van der Waals surface area contributed by atoms with Gasteiger partial charge in [-0.15, -0.1) is 0 Å². The fourth-order valence-electron chi connectivity index (χ4n) is 5.79. The highest BCUT2D eigenvalue weighted by atomic mass is 35.5. The Labute approximate surface area is 217 Å². The summed E-state index contributed by atoms with van der Waals surface area (Å²) in [4.78, 5) is 7.31. The van der Waals surface area contributed by atoms with Crippen molar-refractivity contribution in [1.29, 1.82) is 0 Å². The van der Waals surface area contributed by atoms with Crippen molar-refractivity contribution >= 4 is 21.6 Å². The number of sulfonamides is 1. The highest BCUT2D eigenvalue weighted by molar-refractivity contribution is 7.89. The second-order valence-electron chi connectivity index (χ2n) is 10.2. The van der Waals surface area contributed by atoms with Gasteiger partial charge in [-0.05, 0) is 74.3 Å². The summed E-state index contributed by atoms with van der Waals surface area (Å²) in [5, 5.41) is 10.1. The summed E-state index contributed by atoms with van der Waals surface area (Å²) in [5.74, 6) is 0.274. The molecule has 3 atom stereocenters. The second kappa shape index (κ2) is 8.83. The van der Waals surface area contributed by atoms with Crippen molar-refractivity contribution in [2.24, 2.45) is 0 Å². The van der Waals surface area contributed by atoms with E-state index in [1.807, 2.05) is 0 Å². The van der Waals surface area contributed by atoms with Gasteiger partial charge in [0, 0.05) is 23.2 Å². The molecule has 6 rings (SSSR count). The van der Waals surface area contributed by atoms with Crippen LogP contribution in [0.15, 0.2) is 47.5 Å². The van der Waals surface area contributed by atoms with Gasteiger partial charge in [0.15, 0.2) is 0 Å². The van der Waals surface area contributed by atoms with E-state index in [-0.39, 0.29) is 27.9 Å². The molecule has 2 aromatic carbocycles. The Balaban J connectivity index is 1.33. The average Bonchev–Trinajstić information content (AvgIpc) is 3.49. The van der Waals surface area contributed by atoms with Gasteiger partial charge < -0.3 is 10.1 Å². The van der Waals surface area contributed by atoms with E-state index < -0.39 is 27.9 Å². The maximum absolute atomic E-state index is 13.7. The third-order valence-corrected chi connectivity index (χ3v) is 10.2. The van der Waals surface area contributed by atoms with Crippen molar-refractivity contribution in [2.75, 3.05) is 0 Å². The van der Waals surface area contributed by atoms with Crippen LogP contribution in [-0.4, -0.2) is 46.0 Å². The van der Waals surface area contributed by atoms with Crippen LogP contribution in [0.5, 0.6) is 0 Å². The smallest absolute Gasteiger partial charge is 0.393 e. The molecule has 3 heterocycles. The Kier molecular flexibility index (Phi) is 5.94. The molecule has 11 heteroatoms. The van der Waals surface area contributed by atoms with Gasteiger partial charge in [-0.2, -0.15) is 17.5 Å². The lowest BCUT2D eigenvalue weighted by Crippen LogP contribution is -2.47. The van der Waals surface area contributed by atoms with Gasteiger partial charge in [0.25, 0.3) is 0 Å². The first-order chi connectivity index (χ1) is 17.5. The van der Waals surface area contributed by atoms with Gasteiger partial charge in [-0.1, -0.05) is 23.7 Å². The van der Waals surface area contributed by atoms with Crippen molar-refractivity contribution in [3.8, 4) is 22.6 Å². The molecule has 3 fully saturated rings. The third-order valence-electron chi connectivity index (χ3n) is 7.66. The number of nitrogens with one attached hydrogen (secondary N) is 1. The van der Waals surface area contributed by atoms with Crippen LogP contribution in [0.1, 0.15) is 55.6 Å². The molecule has 0 spiro atoms. The number of rotatable bonds is 5. The van der Waals surface area contributed by atoms with E-state index in [0.29, 0.717) is 53.9 Å². The van der Waals surface area contributed by atoms with Gasteiger partial charge in [0.1, 0.15) is 10.7 Å². The molecule has 1 saturated carbocycles. The molecule has 3 aliphatic rings. The molecule has 196 valence electrons. The summed E-state index contributed by atoms with van der Waals surface area (Å²) >= 11 is 6.35. The molecule has 3 aromatic rings. The highest BCUT2D eigenvalue weighted by Gasteiger charge is 2.47. The summed E-state index contributed by atoms with van der Waals surface area (Å²) in [6, 6.07) is 8.34.